The van der Waals surface area contributed by atoms with Crippen LogP contribution in [0.2, 0.25) is 0 Å². The van der Waals surface area contributed by atoms with Crippen molar-refractivity contribution in [2.45, 2.75) is 6.42 Å². The Morgan fingerprint density at radius 3 is 2.96 bits per heavy atom. The maximum atomic E-state index is 12.5. The van der Waals surface area contributed by atoms with Gasteiger partial charge in [-0.15, -0.1) is 0 Å². The third-order valence-electron chi connectivity index (χ3n) is 3.91. The van der Waals surface area contributed by atoms with Gasteiger partial charge in [-0.05, 0) is 24.3 Å². The average molecular weight is 402 g/mol. The minimum absolute atomic E-state index is 0.120. The van der Waals surface area contributed by atoms with Crippen LogP contribution in [0.4, 0.5) is 5.69 Å². The zero-order valence-electron chi connectivity index (χ0n) is 14.0. The van der Waals surface area contributed by atoms with Gasteiger partial charge < -0.3 is 19.2 Å². The number of nitrogens with zero attached hydrogens (tertiary/aromatic N) is 1. The van der Waals surface area contributed by atoms with E-state index in [1.54, 1.807) is 36.4 Å². The first kappa shape index (κ1) is 17.6. The number of anilines is 1. The van der Waals surface area contributed by atoms with Gasteiger partial charge in [-0.25, -0.2) is 0 Å². The number of fused-ring (bicyclic) bond motifs is 1. The van der Waals surface area contributed by atoms with Crippen molar-refractivity contribution in [2.75, 3.05) is 18.7 Å². The van der Waals surface area contributed by atoms with Crippen LogP contribution in [0.25, 0.3) is 6.08 Å². The lowest BCUT2D eigenvalue weighted by Crippen LogP contribution is -2.31. The first-order chi connectivity index (χ1) is 13.1. The smallest absolute Gasteiger partial charge is 0.266 e. The molecule has 1 fully saturated rings. The molecule has 0 unspecified atom stereocenters. The predicted octanol–water partition coefficient (Wildman–Crippen LogP) is 3.24. The molecule has 0 radical (unpaired) electrons. The number of thioether (sulfide) groups is 1. The minimum atomic E-state index is -0.225. The van der Waals surface area contributed by atoms with Crippen molar-refractivity contribution < 1.29 is 23.5 Å². The maximum Gasteiger partial charge on any atom is 0.266 e. The molecule has 0 atom stereocenters. The number of rotatable bonds is 5. The van der Waals surface area contributed by atoms with Gasteiger partial charge in [0.15, 0.2) is 11.5 Å². The highest BCUT2D eigenvalue weighted by Gasteiger charge is 2.32. The van der Waals surface area contributed by atoms with Crippen LogP contribution in [0, 0.1) is 0 Å². The fourth-order valence-electron chi connectivity index (χ4n) is 2.61. The Labute approximate surface area is 164 Å². The number of hydrogen-bond donors (Lipinski definition) is 1. The SMILES string of the molecule is O=C(CCN1C(=O)C(=Cc2ccco2)SC1=S)Nc1ccc2c(c1)OCO2. The molecule has 0 saturated carbocycles. The highest BCUT2D eigenvalue weighted by molar-refractivity contribution is 8.26. The molecule has 2 aromatic rings. The summed E-state index contributed by atoms with van der Waals surface area (Å²) >= 11 is 6.46. The molecule has 7 nitrogen and oxygen atoms in total. The number of carbonyl (C=O) groups is 2. The van der Waals surface area contributed by atoms with E-state index < -0.39 is 0 Å². The van der Waals surface area contributed by atoms with Gasteiger partial charge in [0, 0.05) is 30.8 Å². The summed E-state index contributed by atoms with van der Waals surface area (Å²) in [5.74, 6) is 1.37. The van der Waals surface area contributed by atoms with Crippen LogP contribution in [-0.4, -0.2) is 34.4 Å². The molecule has 0 aliphatic carbocycles. The quantitative estimate of drug-likeness (QED) is 0.607. The summed E-state index contributed by atoms with van der Waals surface area (Å²) < 4.78 is 16.2. The van der Waals surface area contributed by atoms with Crippen molar-refractivity contribution in [2.24, 2.45) is 0 Å². The van der Waals surface area contributed by atoms with Gasteiger partial charge in [0.2, 0.25) is 12.7 Å². The van der Waals surface area contributed by atoms with Crippen molar-refractivity contribution >= 4 is 51.9 Å². The molecule has 1 saturated heterocycles. The van der Waals surface area contributed by atoms with E-state index in [4.69, 9.17) is 26.1 Å². The molecule has 138 valence electrons. The number of furan rings is 1. The molecular formula is C18H14N2O5S2. The second kappa shape index (κ2) is 7.45. The van der Waals surface area contributed by atoms with Crippen LogP contribution in [0.1, 0.15) is 12.2 Å². The Bertz CT molecular complexity index is 939. The van der Waals surface area contributed by atoms with E-state index in [-0.39, 0.29) is 31.6 Å². The topological polar surface area (TPSA) is 81.0 Å². The molecule has 3 heterocycles. The van der Waals surface area contributed by atoms with E-state index in [2.05, 4.69) is 5.32 Å². The van der Waals surface area contributed by atoms with Gasteiger partial charge in [0.05, 0.1) is 11.2 Å². The van der Waals surface area contributed by atoms with E-state index in [0.717, 1.165) is 0 Å². The average Bonchev–Trinajstić information content (AvgIpc) is 3.36. The fourth-order valence-corrected chi connectivity index (χ4v) is 3.90. The number of amides is 2. The molecule has 2 aliphatic heterocycles. The molecule has 27 heavy (non-hydrogen) atoms. The lowest BCUT2D eigenvalue weighted by atomic mass is 10.2. The van der Waals surface area contributed by atoms with E-state index in [0.29, 0.717) is 32.2 Å². The first-order valence-corrected chi connectivity index (χ1v) is 9.31. The van der Waals surface area contributed by atoms with E-state index in [1.807, 2.05) is 0 Å². The summed E-state index contributed by atoms with van der Waals surface area (Å²) in [6, 6.07) is 8.67. The van der Waals surface area contributed by atoms with Crippen LogP contribution in [0.15, 0.2) is 45.9 Å². The molecular weight excluding hydrogens is 388 g/mol. The van der Waals surface area contributed by atoms with Crippen molar-refractivity contribution in [1.82, 2.24) is 4.90 Å². The van der Waals surface area contributed by atoms with E-state index >= 15 is 0 Å². The van der Waals surface area contributed by atoms with Gasteiger partial charge in [0.1, 0.15) is 10.1 Å². The van der Waals surface area contributed by atoms with Crippen LogP contribution in [0.5, 0.6) is 11.5 Å². The number of hydrogen-bond acceptors (Lipinski definition) is 7. The standard InChI is InChI=1S/C18H14N2O5S2/c21-16(19-11-3-4-13-14(8-11)25-10-24-13)5-6-20-17(22)15(27-18(20)26)9-12-2-1-7-23-12/h1-4,7-9H,5-6,10H2,(H,19,21). The van der Waals surface area contributed by atoms with E-state index in [9.17, 15) is 9.59 Å². The third kappa shape index (κ3) is 3.83. The minimum Gasteiger partial charge on any atom is -0.465 e. The normalized spacial score (nSPS) is 17.0. The highest BCUT2D eigenvalue weighted by atomic mass is 32.2. The molecule has 9 heteroatoms. The van der Waals surface area contributed by atoms with Crippen LogP contribution < -0.4 is 14.8 Å². The number of benzene rings is 1. The number of thiocarbonyl (C=S) groups is 1. The van der Waals surface area contributed by atoms with Crippen LogP contribution in [0.3, 0.4) is 0 Å². The molecule has 0 spiro atoms. The Morgan fingerprint density at radius 2 is 2.15 bits per heavy atom. The van der Waals surface area contributed by atoms with Gasteiger partial charge in [-0.3, -0.25) is 14.5 Å². The Morgan fingerprint density at radius 1 is 1.30 bits per heavy atom. The summed E-state index contributed by atoms with van der Waals surface area (Å²) in [6.45, 7) is 0.378. The monoisotopic (exact) mass is 402 g/mol. The van der Waals surface area contributed by atoms with Gasteiger partial charge in [-0.1, -0.05) is 24.0 Å². The summed E-state index contributed by atoms with van der Waals surface area (Å²) in [4.78, 5) is 26.6. The number of ether oxygens (including phenoxy) is 2. The highest BCUT2D eigenvalue weighted by Crippen LogP contribution is 2.35. The largest absolute Gasteiger partial charge is 0.465 e. The number of carbonyl (C=O) groups excluding carboxylic acids is 2. The Kier molecular flexibility index (Phi) is 4.87. The molecule has 1 aromatic heterocycles. The third-order valence-corrected chi connectivity index (χ3v) is 5.29. The van der Waals surface area contributed by atoms with Crippen molar-refractivity contribution in [3.63, 3.8) is 0 Å². The van der Waals surface area contributed by atoms with Gasteiger partial charge in [-0.2, -0.15) is 0 Å². The summed E-state index contributed by atoms with van der Waals surface area (Å²) in [7, 11) is 0. The molecule has 2 aliphatic rings. The molecule has 1 aromatic carbocycles. The Hall–Kier alpha value is -2.78. The lowest BCUT2D eigenvalue weighted by Gasteiger charge is -2.14. The van der Waals surface area contributed by atoms with Crippen molar-refractivity contribution in [3.05, 3.63) is 47.3 Å². The summed E-state index contributed by atoms with van der Waals surface area (Å²) in [5.41, 5.74) is 0.604. The van der Waals surface area contributed by atoms with Crippen molar-refractivity contribution in [3.8, 4) is 11.5 Å². The van der Waals surface area contributed by atoms with E-state index in [1.165, 1.54) is 22.9 Å². The van der Waals surface area contributed by atoms with Crippen LogP contribution in [-0.2, 0) is 9.59 Å². The predicted molar refractivity (Wildman–Crippen MR) is 104 cm³/mol. The van der Waals surface area contributed by atoms with Crippen molar-refractivity contribution in [1.29, 1.82) is 0 Å². The maximum absolute atomic E-state index is 12.5. The molecule has 1 N–H and O–H groups in total. The number of nitrogens with one attached hydrogen (secondary N) is 1. The molecule has 2 amide bonds. The fraction of sp³-hybridized carbons (Fsp3) is 0.167. The Balaban J connectivity index is 1.35. The van der Waals surface area contributed by atoms with Gasteiger partial charge in [0.25, 0.3) is 5.91 Å². The first-order valence-electron chi connectivity index (χ1n) is 8.08. The summed E-state index contributed by atoms with van der Waals surface area (Å²) in [5, 5.41) is 2.78. The second-order valence-electron chi connectivity index (χ2n) is 5.71. The zero-order chi connectivity index (χ0) is 18.8. The molecule has 4 rings (SSSR count). The second-order valence-corrected chi connectivity index (χ2v) is 7.39. The molecule has 0 bridgehead atoms. The lowest BCUT2D eigenvalue weighted by molar-refractivity contribution is -0.122. The van der Waals surface area contributed by atoms with Crippen LogP contribution >= 0.6 is 24.0 Å². The zero-order valence-corrected chi connectivity index (χ0v) is 15.6. The summed E-state index contributed by atoms with van der Waals surface area (Å²) in [6.07, 6.45) is 3.30. The van der Waals surface area contributed by atoms with Gasteiger partial charge >= 0.3 is 0 Å².